The third-order valence-corrected chi connectivity index (χ3v) is 7.79. The van der Waals surface area contributed by atoms with Crippen molar-refractivity contribution in [3.8, 4) is 17.6 Å². The molecule has 190 valence electrons. The van der Waals surface area contributed by atoms with E-state index in [0.717, 1.165) is 11.3 Å². The maximum atomic E-state index is 12.9. The van der Waals surface area contributed by atoms with Crippen LogP contribution in [-0.4, -0.2) is 69.4 Å². The number of carbonyl (C=O) groups is 2. The number of nitrogens with one attached hydrogen (secondary N) is 2. The molecule has 0 saturated carbocycles. The van der Waals surface area contributed by atoms with Crippen molar-refractivity contribution in [1.82, 2.24) is 24.8 Å². The SMILES string of the molecule is COCCn1ccnc1-c1nc(N2CC[C@@H](NC(=O)c3[nH]c(C)c(Cl)c3C#N)[C@@H](C)C2)sc1C(=O)O. The fraction of sp³-hybridized carbons (Fsp3) is 0.435. The molecular formula is C23H26ClN7O4S. The van der Waals surface area contributed by atoms with E-state index in [1.54, 1.807) is 26.4 Å². The summed E-state index contributed by atoms with van der Waals surface area (Å²) in [5.41, 5.74) is 1.19. The van der Waals surface area contributed by atoms with Crippen molar-refractivity contribution in [2.45, 2.75) is 32.9 Å². The van der Waals surface area contributed by atoms with Crippen molar-refractivity contribution in [2.24, 2.45) is 5.92 Å². The topological polar surface area (TPSA) is 149 Å². The molecule has 0 unspecified atom stereocenters. The summed E-state index contributed by atoms with van der Waals surface area (Å²) in [6, 6.07) is 1.85. The minimum atomic E-state index is -1.06. The van der Waals surface area contributed by atoms with Crippen molar-refractivity contribution in [2.75, 3.05) is 31.7 Å². The summed E-state index contributed by atoms with van der Waals surface area (Å²) in [6.07, 6.45) is 4.01. The second-order valence-corrected chi connectivity index (χ2v) is 9.99. The first-order chi connectivity index (χ1) is 17.2. The van der Waals surface area contributed by atoms with Gasteiger partial charge in [-0.05, 0) is 19.3 Å². The van der Waals surface area contributed by atoms with Gasteiger partial charge in [-0.25, -0.2) is 14.8 Å². The Morgan fingerprint density at radius 2 is 2.25 bits per heavy atom. The van der Waals surface area contributed by atoms with Crippen molar-refractivity contribution in [3.63, 3.8) is 0 Å². The van der Waals surface area contributed by atoms with Crippen LogP contribution in [-0.2, 0) is 11.3 Å². The molecule has 3 N–H and O–H groups in total. The van der Waals surface area contributed by atoms with Gasteiger partial charge < -0.3 is 29.6 Å². The molecule has 36 heavy (non-hydrogen) atoms. The molecule has 1 fully saturated rings. The van der Waals surface area contributed by atoms with Gasteiger partial charge in [0.1, 0.15) is 27.9 Å². The lowest BCUT2D eigenvalue weighted by Crippen LogP contribution is -2.50. The summed E-state index contributed by atoms with van der Waals surface area (Å²) in [4.78, 5) is 38.9. The molecule has 3 aromatic heterocycles. The fourth-order valence-corrected chi connectivity index (χ4v) is 5.41. The summed E-state index contributed by atoms with van der Waals surface area (Å²) in [7, 11) is 1.60. The zero-order chi connectivity index (χ0) is 26.0. The number of aryl methyl sites for hydroxylation is 1. The highest BCUT2D eigenvalue weighted by molar-refractivity contribution is 7.17. The first-order valence-corrected chi connectivity index (χ1v) is 12.5. The van der Waals surface area contributed by atoms with Gasteiger partial charge in [0.2, 0.25) is 0 Å². The smallest absolute Gasteiger partial charge is 0.348 e. The predicted molar refractivity (Wildman–Crippen MR) is 135 cm³/mol. The van der Waals surface area contributed by atoms with Gasteiger partial charge in [-0.2, -0.15) is 5.26 Å². The van der Waals surface area contributed by atoms with E-state index < -0.39 is 5.97 Å². The largest absolute Gasteiger partial charge is 0.477 e. The Hall–Kier alpha value is -3.40. The van der Waals surface area contributed by atoms with E-state index in [0.29, 0.717) is 55.0 Å². The number of ether oxygens (including phenoxy) is 1. The molecule has 11 nitrogen and oxygen atoms in total. The summed E-state index contributed by atoms with van der Waals surface area (Å²) in [6.45, 7) is 5.86. The van der Waals surface area contributed by atoms with Crippen LogP contribution in [0.3, 0.4) is 0 Å². The molecule has 4 heterocycles. The van der Waals surface area contributed by atoms with E-state index in [2.05, 4.69) is 20.3 Å². The monoisotopic (exact) mass is 531 g/mol. The second kappa shape index (κ2) is 10.7. The zero-order valence-electron chi connectivity index (χ0n) is 20.0. The fourth-order valence-electron chi connectivity index (χ4n) is 4.29. The van der Waals surface area contributed by atoms with Gasteiger partial charge in [-0.1, -0.05) is 29.9 Å². The molecule has 0 aromatic carbocycles. The highest BCUT2D eigenvalue weighted by Gasteiger charge is 2.32. The number of amides is 1. The molecule has 0 aliphatic carbocycles. The number of carboxylic acids is 1. The van der Waals surface area contributed by atoms with Crippen LogP contribution in [0.25, 0.3) is 11.5 Å². The first kappa shape index (κ1) is 25.7. The standard InChI is InChI=1S/C23H26ClN7O4S/c1-12-11-31(6-4-15(12)28-21(32)17-14(10-25)16(24)13(2)27-17)23-29-18(19(36-23)22(33)34)20-26-5-7-30(20)8-9-35-3/h5,7,12,15,27H,4,6,8-9,11H2,1-3H3,(H,28,32)(H,33,34)/t12-,15+/m0/s1. The van der Waals surface area contributed by atoms with Crippen LogP contribution < -0.4 is 10.2 Å². The highest BCUT2D eigenvalue weighted by Crippen LogP contribution is 2.35. The van der Waals surface area contributed by atoms with Gasteiger partial charge in [-0.3, -0.25) is 4.79 Å². The molecule has 1 saturated heterocycles. The van der Waals surface area contributed by atoms with Gasteiger partial charge in [0.05, 0.1) is 11.6 Å². The van der Waals surface area contributed by atoms with E-state index in [1.165, 1.54) is 0 Å². The molecule has 4 rings (SSSR count). The van der Waals surface area contributed by atoms with Crippen molar-refractivity contribution < 1.29 is 19.4 Å². The molecule has 1 aliphatic rings. The number of hydrogen-bond donors (Lipinski definition) is 3. The van der Waals surface area contributed by atoms with E-state index >= 15 is 0 Å². The Labute approximate surface area is 216 Å². The third kappa shape index (κ3) is 4.95. The number of nitriles is 1. The summed E-state index contributed by atoms with van der Waals surface area (Å²) in [5.74, 6) is -0.905. The van der Waals surface area contributed by atoms with Crippen molar-refractivity contribution in [3.05, 3.63) is 39.2 Å². The number of halogens is 1. The van der Waals surface area contributed by atoms with Crippen LogP contribution in [0.5, 0.6) is 0 Å². The second-order valence-electron chi connectivity index (χ2n) is 8.63. The van der Waals surface area contributed by atoms with Crippen LogP contribution in [0.15, 0.2) is 12.4 Å². The molecule has 0 spiro atoms. The summed E-state index contributed by atoms with van der Waals surface area (Å²) < 4.78 is 6.96. The average molecular weight is 532 g/mol. The van der Waals surface area contributed by atoms with Crippen molar-refractivity contribution in [1.29, 1.82) is 5.26 Å². The lowest BCUT2D eigenvalue weighted by molar-refractivity contribution is 0.0702. The number of hydrogen-bond acceptors (Lipinski definition) is 8. The number of thiazole rings is 1. The molecule has 13 heteroatoms. The Kier molecular flexibility index (Phi) is 7.63. The number of methoxy groups -OCH3 is 1. The Morgan fingerprint density at radius 1 is 1.47 bits per heavy atom. The number of piperidine rings is 1. The van der Waals surface area contributed by atoms with Gasteiger partial charge >= 0.3 is 5.97 Å². The predicted octanol–water partition coefficient (Wildman–Crippen LogP) is 3.16. The molecule has 3 aromatic rings. The van der Waals surface area contributed by atoms with Gasteiger partial charge in [0.25, 0.3) is 5.91 Å². The number of H-pyrrole nitrogens is 1. The van der Waals surface area contributed by atoms with Gasteiger partial charge in [0.15, 0.2) is 11.0 Å². The number of aromatic carboxylic acids is 1. The number of imidazole rings is 1. The summed E-state index contributed by atoms with van der Waals surface area (Å²) in [5, 5.41) is 23.0. The molecule has 2 atom stereocenters. The maximum Gasteiger partial charge on any atom is 0.348 e. The third-order valence-electron chi connectivity index (χ3n) is 6.22. The van der Waals surface area contributed by atoms with Gasteiger partial charge in [0, 0.05) is 50.9 Å². The zero-order valence-corrected chi connectivity index (χ0v) is 21.6. The van der Waals surface area contributed by atoms with Crippen LogP contribution in [0.1, 0.15) is 44.8 Å². The van der Waals surface area contributed by atoms with Crippen molar-refractivity contribution >= 4 is 39.9 Å². The number of anilines is 1. The molecular weight excluding hydrogens is 506 g/mol. The van der Waals surface area contributed by atoms with E-state index in [4.69, 9.17) is 16.3 Å². The lowest BCUT2D eigenvalue weighted by atomic mass is 9.94. The number of carboxylic acid groups (broad SMARTS) is 1. The van der Waals surface area contributed by atoms with E-state index in [9.17, 15) is 20.0 Å². The minimum absolute atomic E-state index is 0.0454. The minimum Gasteiger partial charge on any atom is -0.477 e. The van der Waals surface area contributed by atoms with Crippen LogP contribution >= 0.6 is 22.9 Å². The Morgan fingerprint density at radius 3 is 2.92 bits per heavy atom. The highest BCUT2D eigenvalue weighted by atomic mass is 35.5. The van der Waals surface area contributed by atoms with E-state index in [1.807, 2.05) is 22.5 Å². The van der Waals surface area contributed by atoms with E-state index in [-0.39, 0.29) is 39.0 Å². The average Bonchev–Trinajstić information content (AvgIpc) is 3.56. The number of nitrogens with zero attached hydrogens (tertiary/aromatic N) is 5. The molecule has 0 radical (unpaired) electrons. The van der Waals surface area contributed by atoms with Crippen LogP contribution in [0.2, 0.25) is 5.02 Å². The quantitative estimate of drug-likeness (QED) is 0.401. The Bertz CT molecular complexity index is 1320. The molecule has 0 bridgehead atoms. The number of carbonyl (C=O) groups excluding carboxylic acids is 1. The first-order valence-electron chi connectivity index (χ1n) is 11.3. The lowest BCUT2D eigenvalue weighted by Gasteiger charge is -2.37. The number of aromatic nitrogens is 4. The van der Waals surface area contributed by atoms with Crippen LogP contribution in [0.4, 0.5) is 5.13 Å². The van der Waals surface area contributed by atoms with Crippen LogP contribution in [0, 0.1) is 24.2 Å². The molecule has 1 amide bonds. The summed E-state index contributed by atoms with van der Waals surface area (Å²) >= 11 is 7.24. The number of rotatable bonds is 8. The maximum absolute atomic E-state index is 12.9. The normalized spacial score (nSPS) is 17.7. The number of aromatic amines is 1. The Balaban J connectivity index is 1.50. The van der Waals surface area contributed by atoms with Gasteiger partial charge in [-0.15, -0.1) is 0 Å². The molecule has 1 aliphatic heterocycles.